The van der Waals surface area contributed by atoms with Gasteiger partial charge in [-0.3, -0.25) is 14.9 Å². The van der Waals surface area contributed by atoms with E-state index in [1.54, 1.807) is 16.8 Å². The van der Waals surface area contributed by atoms with Crippen LogP contribution in [0.4, 0.5) is 5.69 Å². The number of benzene rings is 1. The van der Waals surface area contributed by atoms with Crippen LogP contribution in [0.1, 0.15) is 36.5 Å². The molecule has 2 aromatic rings. The molecule has 21 heavy (non-hydrogen) atoms. The maximum absolute atomic E-state index is 12.1. The van der Waals surface area contributed by atoms with E-state index in [1.807, 2.05) is 13.8 Å². The molecule has 1 aromatic heterocycles. The zero-order valence-electron chi connectivity index (χ0n) is 11.7. The molecule has 0 fully saturated rings. The van der Waals surface area contributed by atoms with E-state index in [0.717, 1.165) is 5.69 Å². The Bertz CT molecular complexity index is 731. The third-order valence-electron chi connectivity index (χ3n) is 3.62. The summed E-state index contributed by atoms with van der Waals surface area (Å²) in [5.41, 5.74) is 1.73. The lowest BCUT2D eigenvalue weighted by atomic mass is 9.77. The summed E-state index contributed by atoms with van der Waals surface area (Å²) in [5, 5.41) is 18.7. The predicted octanol–water partition coefficient (Wildman–Crippen LogP) is 2.33. The first-order valence-corrected chi connectivity index (χ1v) is 6.60. The summed E-state index contributed by atoms with van der Waals surface area (Å²) in [4.78, 5) is 22.3. The number of rotatable bonds is 2. The molecule has 0 bridgehead atoms. The Balaban J connectivity index is 2.05. The normalized spacial score (nSPS) is 16.6. The maximum atomic E-state index is 12.1. The number of fused-ring (bicyclic) bond motifs is 1. The molecule has 0 radical (unpaired) electrons. The monoisotopic (exact) mass is 286 g/mol. The van der Waals surface area contributed by atoms with Crippen molar-refractivity contribution in [3.63, 3.8) is 0 Å². The van der Waals surface area contributed by atoms with Crippen LogP contribution in [-0.2, 0) is 6.42 Å². The number of carbonyl (C=O) groups is 1. The van der Waals surface area contributed by atoms with Crippen molar-refractivity contribution in [3.8, 4) is 5.69 Å². The number of non-ortho nitro benzene ring substituents is 1. The van der Waals surface area contributed by atoms with Crippen molar-refractivity contribution < 1.29 is 9.72 Å². The number of nitro benzene ring substituents is 1. The highest BCUT2D eigenvalue weighted by molar-refractivity contribution is 5.96. The van der Waals surface area contributed by atoms with Crippen molar-refractivity contribution in [1.29, 1.82) is 0 Å². The fourth-order valence-electron chi connectivity index (χ4n) is 2.63. The molecule has 3 rings (SSSR count). The average Bonchev–Trinajstić information content (AvgIpc) is 2.81. The molecule has 0 aliphatic heterocycles. The van der Waals surface area contributed by atoms with Crippen LogP contribution in [-0.4, -0.2) is 25.7 Å². The molecule has 0 saturated carbocycles. The lowest BCUT2D eigenvalue weighted by molar-refractivity contribution is -0.384. The Morgan fingerprint density at radius 1 is 1.24 bits per heavy atom. The minimum absolute atomic E-state index is 0.00517. The number of aromatic nitrogens is 3. The topological polar surface area (TPSA) is 90.9 Å². The third kappa shape index (κ3) is 2.31. The maximum Gasteiger partial charge on any atom is 0.269 e. The van der Waals surface area contributed by atoms with Crippen molar-refractivity contribution in [2.75, 3.05) is 0 Å². The highest BCUT2D eigenvalue weighted by Gasteiger charge is 2.35. The molecule has 7 nitrogen and oxygen atoms in total. The van der Waals surface area contributed by atoms with Gasteiger partial charge in [0, 0.05) is 18.6 Å². The van der Waals surface area contributed by atoms with Gasteiger partial charge in [0.1, 0.15) is 0 Å². The summed E-state index contributed by atoms with van der Waals surface area (Å²) in [6.45, 7) is 4.06. The number of nitro groups is 1. The van der Waals surface area contributed by atoms with Crippen LogP contribution in [0, 0.1) is 15.5 Å². The molecule has 1 heterocycles. The molecule has 0 N–H and O–H groups in total. The number of carbonyl (C=O) groups excluding carboxylic acids is 1. The summed E-state index contributed by atoms with van der Waals surface area (Å²) in [5.74, 6) is -0.00517. The van der Waals surface area contributed by atoms with E-state index in [-0.39, 0.29) is 16.9 Å². The van der Waals surface area contributed by atoms with E-state index in [0.29, 0.717) is 24.2 Å². The molecule has 1 aromatic carbocycles. The summed E-state index contributed by atoms with van der Waals surface area (Å²) in [6.07, 6.45) is 1.15. The van der Waals surface area contributed by atoms with Gasteiger partial charge in [0.25, 0.3) is 5.69 Å². The minimum atomic E-state index is -0.451. The predicted molar refractivity (Wildman–Crippen MR) is 74.4 cm³/mol. The van der Waals surface area contributed by atoms with Crippen LogP contribution in [0.5, 0.6) is 0 Å². The van der Waals surface area contributed by atoms with E-state index in [4.69, 9.17) is 0 Å². The van der Waals surface area contributed by atoms with Crippen LogP contribution in [0.2, 0.25) is 0 Å². The van der Waals surface area contributed by atoms with Crippen LogP contribution >= 0.6 is 0 Å². The fourth-order valence-corrected chi connectivity index (χ4v) is 2.63. The van der Waals surface area contributed by atoms with E-state index in [2.05, 4.69) is 10.3 Å². The SMILES string of the molecule is CC1(C)CC(=O)c2nnn(-c3ccc([N+](=O)[O-])cc3)c2C1. The van der Waals surface area contributed by atoms with E-state index in [9.17, 15) is 14.9 Å². The van der Waals surface area contributed by atoms with Crippen LogP contribution in [0.15, 0.2) is 24.3 Å². The highest BCUT2D eigenvalue weighted by atomic mass is 16.6. The van der Waals surface area contributed by atoms with Crippen LogP contribution < -0.4 is 0 Å². The zero-order chi connectivity index (χ0) is 15.2. The Kier molecular flexibility index (Phi) is 2.86. The Morgan fingerprint density at radius 3 is 2.52 bits per heavy atom. The van der Waals surface area contributed by atoms with E-state index < -0.39 is 4.92 Å². The van der Waals surface area contributed by atoms with Crippen molar-refractivity contribution in [2.24, 2.45) is 5.41 Å². The fraction of sp³-hybridized carbons (Fsp3) is 0.357. The van der Waals surface area contributed by atoms with Gasteiger partial charge >= 0.3 is 0 Å². The van der Waals surface area contributed by atoms with E-state index >= 15 is 0 Å². The Morgan fingerprint density at radius 2 is 1.90 bits per heavy atom. The lowest BCUT2D eigenvalue weighted by Gasteiger charge is -2.27. The first kappa shape index (κ1) is 13.4. The standard InChI is InChI=1S/C14H14N4O3/c1-14(2)7-11-13(12(19)8-14)15-16-17(11)9-3-5-10(6-4-9)18(20)21/h3-6H,7-8H2,1-2H3. The summed E-state index contributed by atoms with van der Waals surface area (Å²) in [6, 6.07) is 6.05. The van der Waals surface area contributed by atoms with Crippen molar-refractivity contribution >= 4 is 11.5 Å². The zero-order valence-corrected chi connectivity index (χ0v) is 11.7. The molecule has 0 unspecified atom stereocenters. The average molecular weight is 286 g/mol. The number of hydrogen-bond acceptors (Lipinski definition) is 5. The first-order valence-electron chi connectivity index (χ1n) is 6.60. The van der Waals surface area contributed by atoms with Gasteiger partial charge in [-0.05, 0) is 24.0 Å². The largest absolute Gasteiger partial charge is 0.292 e. The summed E-state index contributed by atoms with van der Waals surface area (Å²) < 4.78 is 1.60. The molecule has 108 valence electrons. The van der Waals surface area contributed by atoms with Crippen LogP contribution in [0.3, 0.4) is 0 Å². The van der Waals surface area contributed by atoms with Gasteiger partial charge in [-0.2, -0.15) is 0 Å². The Hall–Kier alpha value is -2.57. The number of hydrogen-bond donors (Lipinski definition) is 0. The second kappa shape index (κ2) is 4.47. The van der Waals surface area contributed by atoms with Gasteiger partial charge in [-0.15, -0.1) is 5.10 Å². The number of ketones is 1. The second-order valence-corrected chi connectivity index (χ2v) is 6.01. The number of nitrogens with zero attached hydrogens (tertiary/aromatic N) is 4. The smallest absolute Gasteiger partial charge is 0.269 e. The van der Waals surface area contributed by atoms with Crippen molar-refractivity contribution in [2.45, 2.75) is 26.7 Å². The molecule has 0 atom stereocenters. The molecule has 1 aliphatic rings. The molecular weight excluding hydrogens is 272 g/mol. The van der Waals surface area contributed by atoms with E-state index in [1.165, 1.54) is 12.1 Å². The van der Waals surface area contributed by atoms with Crippen molar-refractivity contribution in [3.05, 3.63) is 45.8 Å². The Labute approximate surface area is 120 Å². The van der Waals surface area contributed by atoms with Gasteiger partial charge in [0.05, 0.1) is 16.3 Å². The van der Waals surface area contributed by atoms with Crippen LogP contribution in [0.25, 0.3) is 5.69 Å². The molecule has 0 amide bonds. The first-order chi connectivity index (χ1) is 9.87. The van der Waals surface area contributed by atoms with Gasteiger partial charge in [-0.25, -0.2) is 4.68 Å². The van der Waals surface area contributed by atoms with Gasteiger partial charge in [-0.1, -0.05) is 19.1 Å². The molecular formula is C14H14N4O3. The summed E-state index contributed by atoms with van der Waals surface area (Å²) in [7, 11) is 0. The van der Waals surface area contributed by atoms with Gasteiger partial charge < -0.3 is 0 Å². The van der Waals surface area contributed by atoms with Gasteiger partial charge in [0.15, 0.2) is 11.5 Å². The second-order valence-electron chi connectivity index (χ2n) is 6.01. The highest BCUT2D eigenvalue weighted by Crippen LogP contribution is 2.34. The van der Waals surface area contributed by atoms with Crippen molar-refractivity contribution in [1.82, 2.24) is 15.0 Å². The molecule has 1 aliphatic carbocycles. The minimum Gasteiger partial charge on any atom is -0.292 e. The molecule has 0 spiro atoms. The molecule has 7 heteroatoms. The third-order valence-corrected chi connectivity index (χ3v) is 3.62. The number of Topliss-reactive ketones (excluding diaryl/α,β-unsaturated/α-hetero) is 1. The van der Waals surface area contributed by atoms with Gasteiger partial charge in [0.2, 0.25) is 0 Å². The molecule has 0 saturated heterocycles. The lowest BCUT2D eigenvalue weighted by Crippen LogP contribution is -2.28. The summed E-state index contributed by atoms with van der Waals surface area (Å²) >= 11 is 0. The quantitative estimate of drug-likeness (QED) is 0.624.